The first-order valence-corrected chi connectivity index (χ1v) is 14.6. The Kier molecular flexibility index (Phi) is 12.2. The van der Waals surface area contributed by atoms with Crippen molar-refractivity contribution < 1.29 is 38.6 Å². The van der Waals surface area contributed by atoms with E-state index in [1.807, 2.05) is 49.4 Å². The number of aliphatic carboxylic acids is 1. The average molecular weight is 620 g/mol. The van der Waals surface area contributed by atoms with Gasteiger partial charge in [-0.15, -0.1) is 5.06 Å². The quantitative estimate of drug-likeness (QED) is 0.185. The number of anilines is 1. The van der Waals surface area contributed by atoms with Gasteiger partial charge in [-0.25, -0.2) is 14.6 Å². The van der Waals surface area contributed by atoms with Gasteiger partial charge in [-0.05, 0) is 42.2 Å². The molecule has 0 bridgehead atoms. The molecule has 1 aliphatic heterocycles. The highest BCUT2D eigenvalue weighted by Crippen LogP contribution is 2.22. The number of amides is 2. The molecule has 13 nitrogen and oxygen atoms in total. The molecule has 0 aliphatic carbocycles. The summed E-state index contributed by atoms with van der Waals surface area (Å²) in [7, 11) is 0. The van der Waals surface area contributed by atoms with Gasteiger partial charge in [0, 0.05) is 24.8 Å². The molecule has 45 heavy (non-hydrogen) atoms. The molecular formula is C32H37N5O8. The number of carbonyl (C=O) groups excluding carboxylic acids is 3. The second-order valence-corrected chi connectivity index (χ2v) is 10.3. The van der Waals surface area contributed by atoms with Gasteiger partial charge < -0.3 is 35.4 Å². The minimum absolute atomic E-state index is 0.0490. The maximum absolute atomic E-state index is 12.7. The van der Waals surface area contributed by atoms with E-state index < -0.39 is 36.1 Å². The predicted molar refractivity (Wildman–Crippen MR) is 163 cm³/mol. The summed E-state index contributed by atoms with van der Waals surface area (Å²) in [6.07, 6.45) is 1.33. The van der Waals surface area contributed by atoms with E-state index in [0.717, 1.165) is 11.1 Å². The fourth-order valence-corrected chi connectivity index (χ4v) is 4.74. The summed E-state index contributed by atoms with van der Waals surface area (Å²) in [6, 6.07) is 19.9. The van der Waals surface area contributed by atoms with Gasteiger partial charge in [0.15, 0.2) is 0 Å². The van der Waals surface area contributed by atoms with Crippen LogP contribution < -0.4 is 16.0 Å². The molecule has 2 aromatic carbocycles. The van der Waals surface area contributed by atoms with Gasteiger partial charge in [-0.2, -0.15) is 0 Å². The van der Waals surface area contributed by atoms with Crippen molar-refractivity contribution in [2.24, 2.45) is 0 Å². The molecule has 1 aromatic heterocycles. The number of carboxylic acid groups (broad SMARTS) is 1. The first-order valence-electron chi connectivity index (χ1n) is 14.6. The van der Waals surface area contributed by atoms with E-state index in [1.165, 1.54) is 5.06 Å². The summed E-state index contributed by atoms with van der Waals surface area (Å²) >= 11 is 0. The summed E-state index contributed by atoms with van der Waals surface area (Å²) in [5.74, 6) is -1.74. The first kappa shape index (κ1) is 32.9. The molecule has 3 unspecified atom stereocenters. The molecule has 1 fully saturated rings. The lowest BCUT2D eigenvalue weighted by atomic mass is 10.0. The summed E-state index contributed by atoms with van der Waals surface area (Å²) in [5.41, 5.74) is 1.97. The number of nitrogens with zero attached hydrogens (tertiary/aromatic N) is 2. The topological polar surface area (TPSA) is 168 Å². The van der Waals surface area contributed by atoms with Crippen molar-refractivity contribution in [2.45, 2.75) is 44.6 Å². The van der Waals surface area contributed by atoms with Crippen LogP contribution in [0.4, 0.5) is 10.6 Å². The highest BCUT2D eigenvalue weighted by Gasteiger charge is 2.36. The Hall–Kier alpha value is -5.01. The molecule has 0 spiro atoms. The van der Waals surface area contributed by atoms with Crippen LogP contribution in [0.3, 0.4) is 0 Å². The van der Waals surface area contributed by atoms with E-state index in [2.05, 4.69) is 20.9 Å². The summed E-state index contributed by atoms with van der Waals surface area (Å²) in [6.45, 7) is 1.79. The molecule has 238 valence electrons. The number of carbonyl (C=O) groups is 4. The number of hydrogen-bond acceptors (Lipinski definition) is 10. The SMILES string of the molecule is CCc1ccccc1C(=O)NC(CNC(=O)COC1CC(CNc2ccccn2)N(OC(=O)OCc2ccccc2)C1)C(=O)O. The number of ether oxygens (including phenoxy) is 2. The van der Waals surface area contributed by atoms with Crippen molar-refractivity contribution >= 4 is 29.8 Å². The summed E-state index contributed by atoms with van der Waals surface area (Å²) in [5, 5.41) is 19.2. The van der Waals surface area contributed by atoms with Crippen molar-refractivity contribution in [2.75, 3.05) is 31.6 Å². The lowest BCUT2D eigenvalue weighted by molar-refractivity contribution is -0.143. The highest BCUT2D eigenvalue weighted by molar-refractivity contribution is 5.98. The van der Waals surface area contributed by atoms with E-state index in [1.54, 1.807) is 36.5 Å². The van der Waals surface area contributed by atoms with Crippen molar-refractivity contribution in [1.29, 1.82) is 0 Å². The van der Waals surface area contributed by atoms with Crippen LogP contribution in [0, 0.1) is 0 Å². The minimum Gasteiger partial charge on any atom is -0.480 e. The Labute approximate surface area is 260 Å². The fraction of sp³-hybridized carbons (Fsp3) is 0.344. The predicted octanol–water partition coefficient (Wildman–Crippen LogP) is 2.78. The monoisotopic (exact) mass is 619 g/mol. The number of carboxylic acids is 1. The molecule has 13 heteroatoms. The molecule has 3 atom stereocenters. The Morgan fingerprint density at radius 1 is 1.02 bits per heavy atom. The highest BCUT2D eigenvalue weighted by atomic mass is 16.8. The van der Waals surface area contributed by atoms with Crippen LogP contribution in [-0.4, -0.2) is 83.5 Å². The zero-order valence-corrected chi connectivity index (χ0v) is 24.9. The summed E-state index contributed by atoms with van der Waals surface area (Å²) < 4.78 is 11.1. The second-order valence-electron chi connectivity index (χ2n) is 10.3. The molecule has 4 N–H and O–H groups in total. The maximum Gasteiger partial charge on any atom is 0.528 e. The van der Waals surface area contributed by atoms with Crippen molar-refractivity contribution in [3.05, 3.63) is 95.7 Å². The molecule has 4 rings (SSSR count). The van der Waals surface area contributed by atoms with Crippen molar-refractivity contribution in [3.8, 4) is 0 Å². The molecule has 2 amide bonds. The molecule has 1 saturated heterocycles. The average Bonchev–Trinajstić information content (AvgIpc) is 3.45. The van der Waals surface area contributed by atoms with E-state index in [0.29, 0.717) is 30.8 Å². The molecule has 1 aliphatic rings. The van der Waals surface area contributed by atoms with E-state index in [9.17, 15) is 24.3 Å². The number of rotatable bonds is 15. The van der Waals surface area contributed by atoms with Gasteiger partial charge in [-0.3, -0.25) is 9.59 Å². The van der Waals surface area contributed by atoms with E-state index in [-0.39, 0.29) is 32.3 Å². The molecule has 0 saturated carbocycles. The van der Waals surface area contributed by atoms with Gasteiger partial charge in [0.1, 0.15) is 25.1 Å². The Bertz CT molecular complexity index is 1430. The molecular weight excluding hydrogens is 582 g/mol. The molecule has 2 heterocycles. The van der Waals surface area contributed by atoms with Crippen LogP contribution >= 0.6 is 0 Å². The largest absolute Gasteiger partial charge is 0.528 e. The van der Waals surface area contributed by atoms with E-state index >= 15 is 0 Å². The Morgan fingerprint density at radius 3 is 2.51 bits per heavy atom. The lowest BCUT2D eigenvalue weighted by Gasteiger charge is -2.22. The van der Waals surface area contributed by atoms with Crippen LogP contribution in [0.2, 0.25) is 0 Å². The van der Waals surface area contributed by atoms with Gasteiger partial charge in [0.05, 0.1) is 18.7 Å². The van der Waals surface area contributed by atoms with Crippen LogP contribution in [0.5, 0.6) is 0 Å². The van der Waals surface area contributed by atoms with Crippen LogP contribution in [-0.2, 0) is 36.9 Å². The number of hydroxylamine groups is 2. The number of pyridine rings is 1. The zero-order chi connectivity index (χ0) is 32.0. The molecule has 0 radical (unpaired) electrons. The van der Waals surface area contributed by atoms with Gasteiger partial charge in [-0.1, -0.05) is 61.5 Å². The standard InChI is InChI=1S/C32H37N5O8/c1-2-23-12-6-7-13-26(23)30(39)36-27(31(40)41)18-35-29(38)21-43-25-16-24(17-34-28-14-8-9-15-33-28)37(19-25)45-32(42)44-20-22-10-4-3-5-11-22/h3-15,24-25,27H,2,16-21H2,1H3,(H,33,34)(H,35,38)(H,36,39)(H,40,41). The van der Waals surface area contributed by atoms with Crippen LogP contribution in [0.25, 0.3) is 0 Å². The number of benzene rings is 2. The normalized spacial score (nSPS) is 16.7. The van der Waals surface area contributed by atoms with Gasteiger partial charge >= 0.3 is 12.1 Å². The molecule has 3 aromatic rings. The fourth-order valence-electron chi connectivity index (χ4n) is 4.74. The second kappa shape index (κ2) is 16.7. The Morgan fingerprint density at radius 2 is 1.78 bits per heavy atom. The Balaban J connectivity index is 1.27. The van der Waals surface area contributed by atoms with Crippen molar-refractivity contribution in [1.82, 2.24) is 20.7 Å². The summed E-state index contributed by atoms with van der Waals surface area (Å²) in [4.78, 5) is 59.3. The van der Waals surface area contributed by atoms with E-state index in [4.69, 9.17) is 14.3 Å². The lowest BCUT2D eigenvalue weighted by Crippen LogP contribution is -2.49. The van der Waals surface area contributed by atoms with Gasteiger partial charge in [0.25, 0.3) is 5.91 Å². The minimum atomic E-state index is -1.34. The number of aryl methyl sites for hydroxylation is 1. The zero-order valence-electron chi connectivity index (χ0n) is 24.9. The smallest absolute Gasteiger partial charge is 0.480 e. The first-order chi connectivity index (χ1) is 21.8. The number of nitrogens with one attached hydrogen (secondary N) is 3. The van der Waals surface area contributed by atoms with Gasteiger partial charge in [0.2, 0.25) is 5.91 Å². The van der Waals surface area contributed by atoms with Crippen LogP contribution in [0.15, 0.2) is 79.0 Å². The third-order valence-corrected chi connectivity index (χ3v) is 7.10. The number of hydrogen-bond donors (Lipinski definition) is 4. The van der Waals surface area contributed by atoms with Crippen molar-refractivity contribution in [3.63, 3.8) is 0 Å². The third kappa shape index (κ3) is 10.3. The van der Waals surface area contributed by atoms with Crippen LogP contribution in [0.1, 0.15) is 34.8 Å². The third-order valence-electron chi connectivity index (χ3n) is 7.10. The number of aromatic nitrogens is 1. The maximum atomic E-state index is 12.7.